The molecule has 0 unspecified atom stereocenters. The maximum atomic E-state index is 12.7. The average molecular weight is 188 g/mol. The quantitative estimate of drug-likeness (QED) is 0.733. The van der Waals surface area contributed by atoms with E-state index >= 15 is 0 Å². The van der Waals surface area contributed by atoms with Gasteiger partial charge in [-0.25, -0.2) is 4.98 Å². The highest BCUT2D eigenvalue weighted by molar-refractivity contribution is 5.55. The molecule has 0 saturated carbocycles. The molecule has 1 N–H and O–H groups in total. The van der Waals surface area contributed by atoms with Crippen LogP contribution in [0.5, 0.6) is 0 Å². The van der Waals surface area contributed by atoms with Crippen molar-refractivity contribution >= 4 is 11.5 Å². The summed E-state index contributed by atoms with van der Waals surface area (Å²) < 4.78 is 12.7. The van der Waals surface area contributed by atoms with Crippen molar-refractivity contribution in [1.29, 1.82) is 0 Å². The van der Waals surface area contributed by atoms with Crippen molar-refractivity contribution in [3.63, 3.8) is 0 Å². The summed E-state index contributed by atoms with van der Waals surface area (Å²) in [5, 5.41) is 2.99. The van der Waals surface area contributed by atoms with Gasteiger partial charge in [0, 0.05) is 5.69 Å². The number of hydrogen-bond donors (Lipinski definition) is 1. The van der Waals surface area contributed by atoms with Crippen LogP contribution in [-0.2, 0) is 0 Å². The number of nitrogens with one attached hydrogen (secondary N) is 1. The number of hydrogen-bond acceptors (Lipinski definition) is 2. The van der Waals surface area contributed by atoms with Gasteiger partial charge in [0.15, 0.2) is 0 Å². The molecule has 0 aliphatic heterocycles. The first-order chi connectivity index (χ1) is 6.84. The van der Waals surface area contributed by atoms with Crippen molar-refractivity contribution in [1.82, 2.24) is 4.98 Å². The van der Waals surface area contributed by atoms with Gasteiger partial charge in [0.1, 0.15) is 5.82 Å². The summed E-state index contributed by atoms with van der Waals surface area (Å²) in [4.78, 5) is 3.69. The van der Waals surface area contributed by atoms with Crippen LogP contribution in [-0.4, -0.2) is 4.98 Å². The van der Waals surface area contributed by atoms with E-state index in [2.05, 4.69) is 10.3 Å². The third kappa shape index (κ3) is 2.07. The molecule has 14 heavy (non-hydrogen) atoms. The maximum Gasteiger partial charge on any atom is 0.214 e. The number of anilines is 2. The first kappa shape index (κ1) is 8.69. The third-order valence-electron chi connectivity index (χ3n) is 1.76. The van der Waals surface area contributed by atoms with Gasteiger partial charge in [-0.1, -0.05) is 24.3 Å². The zero-order chi connectivity index (χ0) is 9.80. The van der Waals surface area contributed by atoms with Crippen molar-refractivity contribution in [2.45, 2.75) is 0 Å². The van der Waals surface area contributed by atoms with Gasteiger partial charge in [0.25, 0.3) is 0 Å². The molecule has 1 heterocycles. The minimum atomic E-state index is -0.481. The van der Waals surface area contributed by atoms with E-state index in [0.717, 1.165) is 5.69 Å². The van der Waals surface area contributed by atoms with E-state index in [-0.39, 0.29) is 0 Å². The fourth-order valence-corrected chi connectivity index (χ4v) is 1.15. The Morgan fingerprint density at radius 2 is 1.71 bits per heavy atom. The second-order valence-corrected chi connectivity index (χ2v) is 2.84. The summed E-state index contributed by atoms with van der Waals surface area (Å²) in [5.74, 6) is 0.0298. The predicted octanol–water partition coefficient (Wildman–Crippen LogP) is 2.96. The molecule has 1 aromatic heterocycles. The van der Waals surface area contributed by atoms with Crippen molar-refractivity contribution in [3.05, 3.63) is 54.5 Å². The van der Waals surface area contributed by atoms with Crippen LogP contribution in [0.4, 0.5) is 15.9 Å². The molecule has 0 atom stereocenters. The van der Waals surface area contributed by atoms with Gasteiger partial charge in [0.05, 0.1) is 0 Å². The summed E-state index contributed by atoms with van der Waals surface area (Å²) in [6.07, 6.45) is 0. The zero-order valence-corrected chi connectivity index (χ0v) is 7.44. The van der Waals surface area contributed by atoms with Crippen molar-refractivity contribution < 1.29 is 4.39 Å². The van der Waals surface area contributed by atoms with E-state index < -0.39 is 5.95 Å². The molecule has 1 aromatic carbocycles. The van der Waals surface area contributed by atoms with Gasteiger partial charge in [-0.05, 0) is 24.3 Å². The monoisotopic (exact) mass is 188 g/mol. The number of nitrogens with zero attached hydrogens (tertiary/aromatic N) is 1. The molecule has 0 spiro atoms. The minimum Gasteiger partial charge on any atom is -0.340 e. The molecule has 3 heteroatoms. The Morgan fingerprint density at radius 1 is 0.929 bits per heavy atom. The lowest BCUT2D eigenvalue weighted by Crippen LogP contribution is -1.94. The van der Waals surface area contributed by atoms with Crippen molar-refractivity contribution in [2.24, 2.45) is 0 Å². The lowest BCUT2D eigenvalue weighted by molar-refractivity contribution is 0.585. The number of halogens is 1. The lowest BCUT2D eigenvalue weighted by Gasteiger charge is -2.03. The van der Waals surface area contributed by atoms with Gasteiger partial charge in [0.2, 0.25) is 5.95 Å². The fourth-order valence-electron chi connectivity index (χ4n) is 1.15. The fraction of sp³-hybridized carbons (Fsp3) is 0. The van der Waals surface area contributed by atoms with E-state index in [4.69, 9.17) is 0 Å². The summed E-state index contributed by atoms with van der Waals surface area (Å²) in [5.41, 5.74) is 0.894. The molecule has 2 rings (SSSR count). The Kier molecular flexibility index (Phi) is 2.40. The minimum absolute atomic E-state index is 0.481. The molecule has 0 bridgehead atoms. The van der Waals surface area contributed by atoms with Crippen LogP contribution in [0.15, 0.2) is 48.5 Å². The summed E-state index contributed by atoms with van der Waals surface area (Å²) in [6, 6.07) is 14.2. The summed E-state index contributed by atoms with van der Waals surface area (Å²) in [6.45, 7) is 0. The standard InChI is InChI=1S/C11H9FN2/c12-10-7-4-8-11(14-10)13-9-5-2-1-3-6-9/h1-8H,(H,13,14). The summed E-state index contributed by atoms with van der Waals surface area (Å²) >= 11 is 0. The Labute approximate surface area is 81.4 Å². The average Bonchev–Trinajstić information content (AvgIpc) is 2.19. The lowest BCUT2D eigenvalue weighted by atomic mass is 10.3. The van der Waals surface area contributed by atoms with Gasteiger partial charge >= 0.3 is 0 Å². The normalized spacial score (nSPS) is 9.79. The third-order valence-corrected chi connectivity index (χ3v) is 1.76. The van der Waals surface area contributed by atoms with Gasteiger partial charge < -0.3 is 5.32 Å². The molecule has 0 radical (unpaired) electrons. The number of pyridine rings is 1. The van der Waals surface area contributed by atoms with Gasteiger partial charge in [-0.2, -0.15) is 4.39 Å². The molecule has 0 aliphatic carbocycles. The Morgan fingerprint density at radius 3 is 2.43 bits per heavy atom. The molecule has 70 valence electrons. The second-order valence-electron chi connectivity index (χ2n) is 2.84. The van der Waals surface area contributed by atoms with Gasteiger partial charge in [-0.15, -0.1) is 0 Å². The van der Waals surface area contributed by atoms with Crippen molar-refractivity contribution in [3.8, 4) is 0 Å². The van der Waals surface area contributed by atoms with Crippen LogP contribution in [0, 0.1) is 5.95 Å². The van der Waals surface area contributed by atoms with Crippen LogP contribution < -0.4 is 5.32 Å². The smallest absolute Gasteiger partial charge is 0.214 e. The summed E-state index contributed by atoms with van der Waals surface area (Å²) in [7, 11) is 0. The molecule has 2 aromatic rings. The highest BCUT2D eigenvalue weighted by Gasteiger charge is 1.95. The highest BCUT2D eigenvalue weighted by Crippen LogP contribution is 2.13. The number of rotatable bonds is 2. The molecular formula is C11H9FN2. The maximum absolute atomic E-state index is 12.7. The Bertz CT molecular complexity index is 415. The predicted molar refractivity (Wildman–Crippen MR) is 53.9 cm³/mol. The number of benzene rings is 1. The van der Waals surface area contributed by atoms with E-state index in [1.54, 1.807) is 12.1 Å². The largest absolute Gasteiger partial charge is 0.340 e. The molecule has 0 aliphatic rings. The van der Waals surface area contributed by atoms with Crippen LogP contribution in [0.25, 0.3) is 0 Å². The molecule has 0 amide bonds. The topological polar surface area (TPSA) is 24.9 Å². The van der Waals surface area contributed by atoms with E-state index in [1.807, 2.05) is 30.3 Å². The Balaban J connectivity index is 2.19. The molecule has 0 saturated heterocycles. The first-order valence-corrected chi connectivity index (χ1v) is 4.29. The first-order valence-electron chi connectivity index (χ1n) is 4.29. The Hall–Kier alpha value is -1.90. The molecule has 0 fully saturated rings. The highest BCUT2D eigenvalue weighted by atomic mass is 19.1. The number of para-hydroxylation sites is 1. The van der Waals surface area contributed by atoms with Crippen LogP contribution in [0.3, 0.4) is 0 Å². The van der Waals surface area contributed by atoms with Crippen LogP contribution >= 0.6 is 0 Å². The van der Waals surface area contributed by atoms with E-state index in [0.29, 0.717) is 5.82 Å². The van der Waals surface area contributed by atoms with Crippen LogP contribution in [0.1, 0.15) is 0 Å². The second kappa shape index (κ2) is 3.87. The van der Waals surface area contributed by atoms with Gasteiger partial charge in [-0.3, -0.25) is 0 Å². The number of aromatic nitrogens is 1. The zero-order valence-electron chi connectivity index (χ0n) is 7.44. The van der Waals surface area contributed by atoms with Crippen molar-refractivity contribution in [2.75, 3.05) is 5.32 Å². The molecular weight excluding hydrogens is 179 g/mol. The molecule has 2 nitrogen and oxygen atoms in total. The SMILES string of the molecule is Fc1cccc(Nc2ccccc2)n1. The van der Waals surface area contributed by atoms with E-state index in [1.165, 1.54) is 6.07 Å². The van der Waals surface area contributed by atoms with E-state index in [9.17, 15) is 4.39 Å². The van der Waals surface area contributed by atoms with Crippen LogP contribution in [0.2, 0.25) is 0 Å².